The lowest BCUT2D eigenvalue weighted by molar-refractivity contribution is -0.117. The van der Waals surface area contributed by atoms with Gasteiger partial charge >= 0.3 is 0 Å². The first kappa shape index (κ1) is 14.1. The predicted octanol–water partition coefficient (Wildman–Crippen LogP) is 2.77. The first-order valence-corrected chi connectivity index (χ1v) is 8.18. The molecule has 0 radical (unpaired) electrons. The zero-order chi connectivity index (χ0) is 15.8. The molecule has 0 saturated heterocycles. The van der Waals surface area contributed by atoms with Crippen LogP contribution in [0.1, 0.15) is 35.1 Å². The van der Waals surface area contributed by atoms with Crippen molar-refractivity contribution in [3.05, 3.63) is 58.1 Å². The molecule has 1 aliphatic rings. The van der Waals surface area contributed by atoms with Crippen LogP contribution in [-0.4, -0.2) is 21.0 Å². The Kier molecular flexibility index (Phi) is 3.42. The smallest absolute Gasteiger partial charge is 0.250 e. The Morgan fingerprint density at radius 2 is 2.30 bits per heavy atom. The van der Waals surface area contributed by atoms with Gasteiger partial charge in [-0.3, -0.25) is 14.7 Å². The van der Waals surface area contributed by atoms with Gasteiger partial charge in [0, 0.05) is 36.5 Å². The second-order valence-electron chi connectivity index (χ2n) is 5.43. The maximum Gasteiger partial charge on any atom is 0.250 e. The normalized spacial score (nSPS) is 16.6. The van der Waals surface area contributed by atoms with Crippen molar-refractivity contribution in [1.29, 1.82) is 0 Å². The molecule has 3 aromatic rings. The van der Waals surface area contributed by atoms with Crippen LogP contribution in [0, 0.1) is 0 Å². The van der Waals surface area contributed by atoms with Gasteiger partial charge in [0.2, 0.25) is 11.8 Å². The van der Waals surface area contributed by atoms with Crippen molar-refractivity contribution in [3.8, 4) is 0 Å². The van der Waals surface area contributed by atoms with Crippen LogP contribution in [0.2, 0.25) is 0 Å². The molecule has 0 saturated carbocycles. The van der Waals surface area contributed by atoms with E-state index in [-0.39, 0.29) is 11.9 Å². The Bertz CT molecular complexity index is 843. The summed E-state index contributed by atoms with van der Waals surface area (Å²) in [5, 5.41) is 4.05. The number of thiazole rings is 1. The second-order valence-corrected chi connectivity index (χ2v) is 6.40. The van der Waals surface area contributed by atoms with Crippen molar-refractivity contribution in [3.63, 3.8) is 0 Å². The van der Waals surface area contributed by atoms with Crippen LogP contribution in [0.5, 0.6) is 0 Å². The number of carbonyl (C=O) groups excluding carboxylic acids is 1. The van der Waals surface area contributed by atoms with Crippen LogP contribution in [0.25, 0.3) is 0 Å². The third-order valence-electron chi connectivity index (χ3n) is 3.90. The Balaban J connectivity index is 1.63. The number of hydrogen-bond acceptors (Lipinski definition) is 6. The van der Waals surface area contributed by atoms with E-state index in [2.05, 4.69) is 15.1 Å². The first-order chi connectivity index (χ1) is 11.2. The zero-order valence-corrected chi connectivity index (χ0v) is 13.3. The molecule has 0 N–H and O–H groups in total. The zero-order valence-electron chi connectivity index (χ0n) is 12.5. The molecule has 1 aromatic carbocycles. The molecule has 0 aliphatic carbocycles. The predicted molar refractivity (Wildman–Crippen MR) is 85.3 cm³/mol. The van der Waals surface area contributed by atoms with Crippen molar-refractivity contribution in [1.82, 2.24) is 15.1 Å². The standard InChI is InChI=1S/C16H14N4O2S/c1-10(21)20-13-5-3-2-4-11(13)6-14(20)16-18-15(19-22-16)7-12-8-17-9-23-12/h2-5,8-9,14H,6-7H2,1H3/t14-/m0/s1. The number of nitrogens with zero attached hydrogens (tertiary/aromatic N) is 4. The molecule has 3 heterocycles. The molecular formula is C16H14N4O2S. The number of amides is 1. The highest BCUT2D eigenvalue weighted by atomic mass is 32.1. The van der Waals surface area contributed by atoms with E-state index in [9.17, 15) is 4.79 Å². The Morgan fingerprint density at radius 3 is 3.09 bits per heavy atom. The van der Waals surface area contributed by atoms with Crippen molar-refractivity contribution in [2.24, 2.45) is 0 Å². The fourth-order valence-corrected chi connectivity index (χ4v) is 3.52. The van der Waals surface area contributed by atoms with E-state index in [1.54, 1.807) is 34.9 Å². The highest BCUT2D eigenvalue weighted by Crippen LogP contribution is 2.39. The van der Waals surface area contributed by atoms with E-state index in [0.29, 0.717) is 24.6 Å². The van der Waals surface area contributed by atoms with Crippen LogP contribution in [0.4, 0.5) is 5.69 Å². The number of benzene rings is 1. The summed E-state index contributed by atoms with van der Waals surface area (Å²) in [7, 11) is 0. The fourth-order valence-electron chi connectivity index (χ4n) is 2.93. The highest BCUT2D eigenvalue weighted by molar-refractivity contribution is 7.09. The van der Waals surface area contributed by atoms with Crippen LogP contribution < -0.4 is 4.90 Å². The van der Waals surface area contributed by atoms with Gasteiger partial charge in [-0.05, 0) is 11.6 Å². The minimum atomic E-state index is -0.229. The number of carbonyl (C=O) groups is 1. The minimum Gasteiger partial charge on any atom is -0.337 e. The maximum atomic E-state index is 12.1. The van der Waals surface area contributed by atoms with E-state index < -0.39 is 0 Å². The fraction of sp³-hybridized carbons (Fsp3) is 0.250. The third-order valence-corrected chi connectivity index (χ3v) is 4.68. The number of para-hydroxylation sites is 1. The van der Waals surface area contributed by atoms with Crippen molar-refractivity contribution in [2.45, 2.75) is 25.8 Å². The van der Waals surface area contributed by atoms with Gasteiger partial charge in [0.25, 0.3) is 0 Å². The SMILES string of the molecule is CC(=O)N1c2ccccc2C[C@H]1c1nc(Cc2cncs2)no1. The number of aromatic nitrogens is 3. The van der Waals surface area contributed by atoms with Gasteiger partial charge in [-0.1, -0.05) is 23.4 Å². The molecule has 0 fully saturated rings. The number of hydrogen-bond donors (Lipinski definition) is 0. The molecule has 116 valence electrons. The quantitative estimate of drug-likeness (QED) is 0.740. The molecule has 0 spiro atoms. The molecule has 23 heavy (non-hydrogen) atoms. The number of anilines is 1. The lowest BCUT2D eigenvalue weighted by Gasteiger charge is -2.21. The first-order valence-electron chi connectivity index (χ1n) is 7.30. The highest BCUT2D eigenvalue weighted by Gasteiger charge is 2.36. The Hall–Kier alpha value is -2.54. The largest absolute Gasteiger partial charge is 0.337 e. The molecule has 6 nitrogen and oxygen atoms in total. The molecule has 1 aliphatic heterocycles. The average molecular weight is 326 g/mol. The summed E-state index contributed by atoms with van der Waals surface area (Å²) < 4.78 is 5.44. The van der Waals surface area contributed by atoms with Gasteiger partial charge in [-0.25, -0.2) is 0 Å². The lowest BCUT2D eigenvalue weighted by Crippen LogP contribution is -2.30. The number of fused-ring (bicyclic) bond motifs is 1. The summed E-state index contributed by atoms with van der Waals surface area (Å²) >= 11 is 1.56. The molecule has 0 bridgehead atoms. The van der Waals surface area contributed by atoms with E-state index in [1.165, 1.54) is 0 Å². The summed E-state index contributed by atoms with van der Waals surface area (Å²) in [6.45, 7) is 1.56. The summed E-state index contributed by atoms with van der Waals surface area (Å²) in [6, 6.07) is 7.65. The van der Waals surface area contributed by atoms with Crippen molar-refractivity contribution in [2.75, 3.05) is 4.90 Å². The summed E-state index contributed by atoms with van der Waals surface area (Å²) in [5.74, 6) is 1.07. The van der Waals surface area contributed by atoms with Gasteiger partial charge in [-0.2, -0.15) is 4.98 Å². The van der Waals surface area contributed by atoms with E-state index in [4.69, 9.17) is 4.52 Å². The summed E-state index contributed by atoms with van der Waals surface area (Å²) in [5.41, 5.74) is 3.82. The molecule has 1 atom stereocenters. The van der Waals surface area contributed by atoms with E-state index in [1.807, 2.05) is 24.3 Å². The average Bonchev–Trinajstić information content (AvgIpc) is 3.25. The van der Waals surface area contributed by atoms with Crippen LogP contribution in [0.3, 0.4) is 0 Å². The monoisotopic (exact) mass is 326 g/mol. The van der Waals surface area contributed by atoms with Gasteiger partial charge in [0.1, 0.15) is 6.04 Å². The minimum absolute atomic E-state index is 0.0258. The molecule has 4 rings (SSSR count). The van der Waals surface area contributed by atoms with Gasteiger partial charge < -0.3 is 4.52 Å². The molecule has 7 heteroatoms. The van der Waals surface area contributed by atoms with Crippen LogP contribution in [0.15, 0.2) is 40.5 Å². The lowest BCUT2D eigenvalue weighted by atomic mass is 10.1. The summed E-state index contributed by atoms with van der Waals surface area (Å²) in [6.07, 6.45) is 3.08. The van der Waals surface area contributed by atoms with Gasteiger partial charge in [0.05, 0.1) is 5.51 Å². The van der Waals surface area contributed by atoms with E-state index >= 15 is 0 Å². The molecule has 1 amide bonds. The molecular weight excluding hydrogens is 312 g/mol. The Morgan fingerprint density at radius 1 is 1.43 bits per heavy atom. The van der Waals surface area contributed by atoms with E-state index in [0.717, 1.165) is 16.1 Å². The number of rotatable bonds is 3. The van der Waals surface area contributed by atoms with Crippen LogP contribution >= 0.6 is 11.3 Å². The summed E-state index contributed by atoms with van der Waals surface area (Å²) in [4.78, 5) is 23.4. The molecule has 0 unspecified atom stereocenters. The Labute approximate surface area is 136 Å². The topological polar surface area (TPSA) is 72.1 Å². The third kappa shape index (κ3) is 2.53. The maximum absolute atomic E-state index is 12.1. The van der Waals surface area contributed by atoms with Crippen molar-refractivity contribution < 1.29 is 9.32 Å². The van der Waals surface area contributed by atoms with Crippen LogP contribution in [-0.2, 0) is 17.6 Å². The van der Waals surface area contributed by atoms with Gasteiger partial charge in [0.15, 0.2) is 5.82 Å². The molecule has 2 aromatic heterocycles. The van der Waals surface area contributed by atoms with Crippen molar-refractivity contribution >= 4 is 22.9 Å². The van der Waals surface area contributed by atoms with Gasteiger partial charge in [-0.15, -0.1) is 11.3 Å². The second kappa shape index (κ2) is 5.58.